The predicted molar refractivity (Wildman–Crippen MR) is 108 cm³/mol. The fourth-order valence-corrected chi connectivity index (χ4v) is 3.19. The molecule has 3 heterocycles. The molecule has 1 amide bonds. The Labute approximate surface area is 164 Å². The zero-order valence-corrected chi connectivity index (χ0v) is 16.6. The molecule has 0 atom stereocenters. The summed E-state index contributed by atoms with van der Waals surface area (Å²) >= 11 is 0. The molecule has 4 rings (SSSR count). The van der Waals surface area contributed by atoms with E-state index in [9.17, 15) is 4.79 Å². The van der Waals surface area contributed by atoms with Gasteiger partial charge in [-0.1, -0.05) is 32.9 Å². The summed E-state index contributed by atoms with van der Waals surface area (Å²) < 4.78 is 0. The highest BCUT2D eigenvalue weighted by molar-refractivity contribution is 5.94. The van der Waals surface area contributed by atoms with Crippen LogP contribution in [0.3, 0.4) is 0 Å². The van der Waals surface area contributed by atoms with Gasteiger partial charge in [-0.15, -0.1) is 5.10 Å². The average Bonchev–Trinajstić information content (AvgIpc) is 2.65. The highest BCUT2D eigenvalue weighted by Gasteiger charge is 2.34. The Bertz CT molecular complexity index is 1010. The number of rotatable bonds is 3. The molecule has 1 aliphatic heterocycles. The lowest BCUT2D eigenvalue weighted by molar-refractivity contribution is 0.0699. The predicted octanol–water partition coefficient (Wildman–Crippen LogP) is 2.68. The first-order valence-electron chi connectivity index (χ1n) is 9.41. The van der Waals surface area contributed by atoms with Gasteiger partial charge >= 0.3 is 0 Å². The molecule has 0 aliphatic carbocycles. The minimum Gasteiger partial charge on any atom is -0.351 e. The number of anilines is 1. The third-order valence-corrected chi connectivity index (χ3v) is 5.14. The van der Waals surface area contributed by atoms with E-state index >= 15 is 0 Å². The van der Waals surface area contributed by atoms with Crippen LogP contribution in [0.5, 0.6) is 0 Å². The minimum absolute atomic E-state index is 0.0173. The third-order valence-electron chi connectivity index (χ3n) is 5.14. The van der Waals surface area contributed by atoms with Gasteiger partial charge in [0.2, 0.25) is 0 Å². The van der Waals surface area contributed by atoms with Crippen LogP contribution < -0.4 is 4.90 Å². The molecule has 1 aliphatic rings. The van der Waals surface area contributed by atoms with Crippen LogP contribution >= 0.6 is 0 Å². The summed E-state index contributed by atoms with van der Waals surface area (Å²) in [6.45, 7) is 7.81. The SMILES string of the molecule is CN(C(=O)c1cnc2ccccc2n1)C1CN(c2ccc(C(C)(C)C)nn2)C1. The van der Waals surface area contributed by atoms with Crippen molar-refractivity contribution < 1.29 is 4.79 Å². The van der Waals surface area contributed by atoms with Crippen molar-refractivity contribution in [3.05, 3.63) is 54.0 Å². The molecule has 0 unspecified atom stereocenters. The van der Waals surface area contributed by atoms with Crippen LogP contribution in [0.4, 0.5) is 5.82 Å². The van der Waals surface area contributed by atoms with Crippen molar-refractivity contribution in [1.82, 2.24) is 25.1 Å². The Balaban J connectivity index is 1.41. The van der Waals surface area contributed by atoms with Gasteiger partial charge in [-0.05, 0) is 24.3 Å². The summed E-state index contributed by atoms with van der Waals surface area (Å²) in [6, 6.07) is 11.7. The van der Waals surface area contributed by atoms with Crippen LogP contribution in [0, 0.1) is 0 Å². The Kier molecular flexibility index (Phi) is 4.45. The first-order valence-corrected chi connectivity index (χ1v) is 9.41. The van der Waals surface area contributed by atoms with Gasteiger partial charge in [0.15, 0.2) is 5.82 Å². The molecule has 1 aromatic carbocycles. The van der Waals surface area contributed by atoms with Gasteiger partial charge < -0.3 is 9.80 Å². The van der Waals surface area contributed by atoms with Gasteiger partial charge in [0.25, 0.3) is 5.91 Å². The topological polar surface area (TPSA) is 75.1 Å². The quantitative estimate of drug-likeness (QED) is 0.700. The van der Waals surface area contributed by atoms with Crippen LogP contribution in [-0.4, -0.2) is 57.2 Å². The van der Waals surface area contributed by atoms with Gasteiger partial charge in [0, 0.05) is 25.6 Å². The number of carbonyl (C=O) groups excluding carboxylic acids is 1. The third kappa shape index (κ3) is 3.40. The number of aromatic nitrogens is 4. The van der Waals surface area contributed by atoms with Crippen LogP contribution in [0.1, 0.15) is 37.0 Å². The van der Waals surface area contributed by atoms with E-state index < -0.39 is 0 Å². The molecule has 28 heavy (non-hydrogen) atoms. The zero-order chi connectivity index (χ0) is 19.9. The number of hydrogen-bond donors (Lipinski definition) is 0. The van der Waals surface area contributed by atoms with Crippen molar-refractivity contribution in [2.45, 2.75) is 32.2 Å². The van der Waals surface area contributed by atoms with E-state index in [0.717, 1.165) is 35.6 Å². The van der Waals surface area contributed by atoms with Gasteiger partial charge in [0.1, 0.15) is 5.69 Å². The number of benzene rings is 1. The smallest absolute Gasteiger partial charge is 0.274 e. The second kappa shape index (κ2) is 6.82. The van der Waals surface area contributed by atoms with Gasteiger partial charge in [-0.3, -0.25) is 9.78 Å². The largest absolute Gasteiger partial charge is 0.351 e. The van der Waals surface area contributed by atoms with Gasteiger partial charge in [-0.25, -0.2) is 4.98 Å². The molecule has 0 N–H and O–H groups in total. The maximum atomic E-state index is 12.8. The number of carbonyl (C=O) groups is 1. The van der Waals surface area contributed by atoms with Crippen molar-refractivity contribution in [3.63, 3.8) is 0 Å². The second-order valence-corrected chi connectivity index (χ2v) is 8.25. The molecule has 1 saturated heterocycles. The molecule has 0 saturated carbocycles. The zero-order valence-electron chi connectivity index (χ0n) is 16.6. The van der Waals surface area contributed by atoms with E-state index in [1.807, 2.05) is 43.4 Å². The molecule has 0 bridgehead atoms. The maximum absolute atomic E-state index is 12.8. The lowest BCUT2D eigenvalue weighted by atomic mass is 9.92. The Morgan fingerprint density at radius 1 is 1.07 bits per heavy atom. The van der Waals surface area contributed by atoms with Crippen molar-refractivity contribution in [1.29, 1.82) is 0 Å². The van der Waals surface area contributed by atoms with Crippen LogP contribution in [0.25, 0.3) is 11.0 Å². The first-order chi connectivity index (χ1) is 13.3. The van der Waals surface area contributed by atoms with Crippen molar-refractivity contribution in [2.24, 2.45) is 0 Å². The summed E-state index contributed by atoms with van der Waals surface area (Å²) in [5.74, 6) is 0.729. The standard InChI is InChI=1S/C21H24N6O/c1-21(2,3)18-9-10-19(25-24-18)27-12-14(13-27)26(4)20(28)17-11-22-15-7-5-6-8-16(15)23-17/h5-11,14H,12-13H2,1-4H3. The Morgan fingerprint density at radius 3 is 2.43 bits per heavy atom. The van der Waals surface area contributed by atoms with Gasteiger partial charge in [-0.2, -0.15) is 5.10 Å². The summed E-state index contributed by atoms with van der Waals surface area (Å²) in [4.78, 5) is 25.5. The van der Waals surface area contributed by atoms with E-state index in [0.29, 0.717) is 5.69 Å². The van der Waals surface area contributed by atoms with Crippen molar-refractivity contribution >= 4 is 22.8 Å². The molecule has 7 nitrogen and oxygen atoms in total. The highest BCUT2D eigenvalue weighted by Crippen LogP contribution is 2.24. The van der Waals surface area contributed by atoms with Crippen LogP contribution in [0.2, 0.25) is 0 Å². The molecule has 7 heteroatoms. The first kappa shape index (κ1) is 18.3. The van der Waals surface area contributed by atoms with Crippen molar-refractivity contribution in [3.8, 4) is 0 Å². The Morgan fingerprint density at radius 2 is 1.79 bits per heavy atom. The second-order valence-electron chi connectivity index (χ2n) is 8.25. The molecular weight excluding hydrogens is 352 g/mol. The van der Waals surface area contributed by atoms with E-state index in [2.05, 4.69) is 45.8 Å². The number of para-hydroxylation sites is 2. The van der Waals surface area contributed by atoms with Crippen LogP contribution in [-0.2, 0) is 5.41 Å². The summed E-state index contributed by atoms with van der Waals surface area (Å²) in [6.07, 6.45) is 1.55. The lowest BCUT2D eigenvalue weighted by Gasteiger charge is -2.44. The highest BCUT2D eigenvalue weighted by atomic mass is 16.2. The lowest BCUT2D eigenvalue weighted by Crippen LogP contribution is -2.60. The number of likely N-dealkylation sites (N-methyl/N-ethyl adjacent to an activating group) is 1. The molecule has 2 aromatic heterocycles. The molecule has 0 radical (unpaired) electrons. The van der Waals surface area contributed by atoms with E-state index in [1.54, 1.807) is 11.1 Å². The maximum Gasteiger partial charge on any atom is 0.274 e. The number of hydrogen-bond acceptors (Lipinski definition) is 6. The molecule has 0 spiro atoms. The average molecular weight is 376 g/mol. The molecule has 1 fully saturated rings. The van der Waals surface area contributed by atoms with E-state index in [-0.39, 0.29) is 17.4 Å². The Hall–Kier alpha value is -3.09. The summed E-state index contributed by atoms with van der Waals surface area (Å²) in [5.41, 5.74) is 2.83. The monoisotopic (exact) mass is 376 g/mol. The van der Waals surface area contributed by atoms with E-state index in [4.69, 9.17) is 0 Å². The van der Waals surface area contributed by atoms with Crippen molar-refractivity contribution in [2.75, 3.05) is 25.0 Å². The fraction of sp³-hybridized carbons (Fsp3) is 0.381. The molecular formula is C21H24N6O. The number of nitrogens with zero attached hydrogens (tertiary/aromatic N) is 6. The van der Waals surface area contributed by atoms with Gasteiger partial charge in [0.05, 0.1) is 29.0 Å². The summed E-state index contributed by atoms with van der Waals surface area (Å²) in [5, 5.41) is 8.69. The normalized spacial score (nSPS) is 14.8. The number of fused-ring (bicyclic) bond motifs is 1. The number of amides is 1. The van der Waals surface area contributed by atoms with Crippen LogP contribution in [0.15, 0.2) is 42.6 Å². The summed E-state index contributed by atoms with van der Waals surface area (Å²) in [7, 11) is 1.82. The molecule has 144 valence electrons. The van der Waals surface area contributed by atoms with E-state index in [1.165, 1.54) is 0 Å². The molecule has 3 aromatic rings. The fourth-order valence-electron chi connectivity index (χ4n) is 3.19. The minimum atomic E-state index is -0.114.